The van der Waals surface area contributed by atoms with Gasteiger partial charge in [0.2, 0.25) is 5.91 Å². The SMILES string of the molecule is Cn1cccc1CN1CCNC(=O)[C@@H]1c1ccccc1Cl. The van der Waals surface area contributed by atoms with Gasteiger partial charge < -0.3 is 9.88 Å². The molecule has 2 aromatic rings. The molecule has 0 radical (unpaired) electrons. The van der Waals surface area contributed by atoms with Gasteiger partial charge in [-0.05, 0) is 23.8 Å². The van der Waals surface area contributed by atoms with Gasteiger partial charge in [-0.1, -0.05) is 29.8 Å². The van der Waals surface area contributed by atoms with Crippen LogP contribution in [0, 0.1) is 0 Å². The second-order valence-corrected chi connectivity index (χ2v) is 5.70. The van der Waals surface area contributed by atoms with Crippen LogP contribution in [0.4, 0.5) is 0 Å². The van der Waals surface area contributed by atoms with Crippen molar-refractivity contribution in [3.05, 3.63) is 58.9 Å². The predicted octanol–water partition coefficient (Wildman–Crippen LogP) is 2.35. The summed E-state index contributed by atoms with van der Waals surface area (Å²) in [7, 11) is 2.02. The first-order valence-corrected chi connectivity index (χ1v) is 7.41. The molecule has 1 aliphatic heterocycles. The summed E-state index contributed by atoms with van der Waals surface area (Å²) in [5.41, 5.74) is 2.05. The summed E-state index contributed by atoms with van der Waals surface area (Å²) < 4.78 is 2.08. The number of nitrogens with one attached hydrogen (secondary N) is 1. The number of piperazine rings is 1. The maximum absolute atomic E-state index is 12.4. The van der Waals surface area contributed by atoms with Crippen molar-refractivity contribution in [2.24, 2.45) is 7.05 Å². The summed E-state index contributed by atoms with van der Waals surface area (Å²) in [6.07, 6.45) is 2.02. The third-order valence-corrected chi connectivity index (χ3v) is 4.27. The standard InChI is InChI=1S/C16H18ClN3O/c1-19-9-4-5-12(19)11-20-10-8-18-16(21)15(20)13-6-2-3-7-14(13)17/h2-7,9,15H,8,10-11H2,1H3,(H,18,21)/t15-/m0/s1. The molecule has 0 aliphatic carbocycles. The molecule has 1 aromatic heterocycles. The first kappa shape index (κ1) is 14.2. The van der Waals surface area contributed by atoms with E-state index in [-0.39, 0.29) is 11.9 Å². The first-order valence-electron chi connectivity index (χ1n) is 7.03. The Kier molecular flexibility index (Phi) is 3.99. The first-order chi connectivity index (χ1) is 10.2. The molecule has 5 heteroatoms. The fourth-order valence-electron chi connectivity index (χ4n) is 2.79. The molecule has 0 spiro atoms. The Balaban J connectivity index is 1.92. The lowest BCUT2D eigenvalue weighted by atomic mass is 10.0. The second kappa shape index (κ2) is 5.92. The number of hydrogen-bond donors (Lipinski definition) is 1. The fraction of sp³-hybridized carbons (Fsp3) is 0.312. The number of aromatic nitrogens is 1. The summed E-state index contributed by atoms with van der Waals surface area (Å²) in [6.45, 7) is 2.21. The molecule has 1 aromatic carbocycles. The highest BCUT2D eigenvalue weighted by molar-refractivity contribution is 6.31. The zero-order chi connectivity index (χ0) is 14.8. The van der Waals surface area contributed by atoms with Crippen molar-refractivity contribution in [1.29, 1.82) is 0 Å². The van der Waals surface area contributed by atoms with Crippen molar-refractivity contribution < 1.29 is 4.79 Å². The topological polar surface area (TPSA) is 37.3 Å². The lowest BCUT2D eigenvalue weighted by Gasteiger charge is -2.35. The van der Waals surface area contributed by atoms with Crippen LogP contribution in [0.3, 0.4) is 0 Å². The summed E-state index contributed by atoms with van der Waals surface area (Å²) >= 11 is 6.29. The van der Waals surface area contributed by atoms with Gasteiger partial charge in [-0.3, -0.25) is 9.69 Å². The van der Waals surface area contributed by atoms with E-state index in [2.05, 4.69) is 20.9 Å². The average molecular weight is 304 g/mol. The summed E-state index contributed by atoms with van der Waals surface area (Å²) in [4.78, 5) is 14.5. The van der Waals surface area contributed by atoms with Gasteiger partial charge in [-0.25, -0.2) is 0 Å². The van der Waals surface area contributed by atoms with Crippen LogP contribution in [-0.2, 0) is 18.4 Å². The average Bonchev–Trinajstić information content (AvgIpc) is 2.86. The molecule has 21 heavy (non-hydrogen) atoms. The number of carbonyl (C=O) groups is 1. The monoisotopic (exact) mass is 303 g/mol. The largest absolute Gasteiger partial charge is 0.353 e. The van der Waals surface area contributed by atoms with Crippen molar-refractivity contribution in [3.63, 3.8) is 0 Å². The van der Waals surface area contributed by atoms with Gasteiger partial charge in [0.05, 0.1) is 0 Å². The van der Waals surface area contributed by atoms with Crippen LogP contribution in [0.2, 0.25) is 5.02 Å². The molecule has 110 valence electrons. The van der Waals surface area contributed by atoms with E-state index < -0.39 is 0 Å². The Morgan fingerprint density at radius 1 is 1.29 bits per heavy atom. The van der Waals surface area contributed by atoms with Crippen LogP contribution in [0.5, 0.6) is 0 Å². The third kappa shape index (κ3) is 2.82. The molecule has 1 saturated heterocycles. The number of nitrogens with zero attached hydrogens (tertiary/aromatic N) is 2. The van der Waals surface area contributed by atoms with Gasteiger partial charge >= 0.3 is 0 Å². The van der Waals surface area contributed by atoms with E-state index in [1.165, 1.54) is 5.69 Å². The molecular formula is C16H18ClN3O. The van der Waals surface area contributed by atoms with Crippen molar-refractivity contribution in [3.8, 4) is 0 Å². The zero-order valence-electron chi connectivity index (χ0n) is 11.9. The lowest BCUT2D eigenvalue weighted by Crippen LogP contribution is -2.49. The summed E-state index contributed by atoms with van der Waals surface area (Å²) in [5.74, 6) is 0.0172. The molecule has 0 bridgehead atoms. The van der Waals surface area contributed by atoms with Crippen molar-refractivity contribution in [2.45, 2.75) is 12.6 Å². The fourth-order valence-corrected chi connectivity index (χ4v) is 3.03. The van der Waals surface area contributed by atoms with E-state index in [9.17, 15) is 4.79 Å². The molecule has 1 amide bonds. The molecule has 2 heterocycles. The zero-order valence-corrected chi connectivity index (χ0v) is 12.7. The quantitative estimate of drug-likeness (QED) is 0.945. The maximum atomic E-state index is 12.4. The highest BCUT2D eigenvalue weighted by Gasteiger charge is 2.32. The van der Waals surface area contributed by atoms with Crippen molar-refractivity contribution >= 4 is 17.5 Å². The van der Waals surface area contributed by atoms with Crippen molar-refractivity contribution in [2.75, 3.05) is 13.1 Å². The molecule has 1 fully saturated rings. The minimum absolute atomic E-state index is 0.0172. The highest BCUT2D eigenvalue weighted by atomic mass is 35.5. The molecule has 1 aliphatic rings. The minimum atomic E-state index is -0.331. The van der Waals surface area contributed by atoms with Gasteiger partial charge in [-0.15, -0.1) is 0 Å². The van der Waals surface area contributed by atoms with Crippen LogP contribution in [0.25, 0.3) is 0 Å². The number of benzene rings is 1. The van der Waals surface area contributed by atoms with Gasteiger partial charge in [0.1, 0.15) is 6.04 Å². The highest BCUT2D eigenvalue weighted by Crippen LogP contribution is 2.30. The lowest BCUT2D eigenvalue weighted by molar-refractivity contribution is -0.129. The smallest absolute Gasteiger partial charge is 0.242 e. The molecule has 4 nitrogen and oxygen atoms in total. The number of carbonyl (C=O) groups excluding carboxylic acids is 1. The Bertz CT molecular complexity index is 652. The Labute approximate surface area is 129 Å². The van der Waals surface area contributed by atoms with E-state index in [0.717, 1.165) is 18.7 Å². The normalized spacial score (nSPS) is 19.5. The van der Waals surface area contributed by atoms with Gasteiger partial charge in [-0.2, -0.15) is 0 Å². The van der Waals surface area contributed by atoms with E-state index in [1.54, 1.807) is 0 Å². The van der Waals surface area contributed by atoms with E-state index in [4.69, 9.17) is 11.6 Å². The van der Waals surface area contributed by atoms with Gasteiger partial charge in [0, 0.05) is 43.6 Å². The van der Waals surface area contributed by atoms with Crippen LogP contribution in [0.15, 0.2) is 42.6 Å². The van der Waals surface area contributed by atoms with Crippen LogP contribution in [-0.4, -0.2) is 28.5 Å². The van der Waals surface area contributed by atoms with E-state index >= 15 is 0 Å². The molecule has 1 N–H and O–H groups in total. The molecular weight excluding hydrogens is 286 g/mol. The predicted molar refractivity (Wildman–Crippen MR) is 83.0 cm³/mol. The van der Waals surface area contributed by atoms with Crippen LogP contribution >= 0.6 is 11.6 Å². The number of hydrogen-bond acceptors (Lipinski definition) is 2. The molecule has 0 unspecified atom stereocenters. The molecule has 0 saturated carbocycles. The van der Waals surface area contributed by atoms with E-state index in [0.29, 0.717) is 11.6 Å². The number of aryl methyl sites for hydroxylation is 1. The number of amides is 1. The Morgan fingerprint density at radius 2 is 2.10 bits per heavy atom. The Morgan fingerprint density at radius 3 is 2.81 bits per heavy atom. The summed E-state index contributed by atoms with van der Waals surface area (Å²) in [6, 6.07) is 11.3. The third-order valence-electron chi connectivity index (χ3n) is 3.93. The number of halogens is 1. The molecule has 1 atom stereocenters. The summed E-state index contributed by atoms with van der Waals surface area (Å²) in [5, 5.41) is 3.57. The van der Waals surface area contributed by atoms with Crippen molar-refractivity contribution in [1.82, 2.24) is 14.8 Å². The van der Waals surface area contributed by atoms with Gasteiger partial charge in [0.25, 0.3) is 0 Å². The minimum Gasteiger partial charge on any atom is -0.353 e. The van der Waals surface area contributed by atoms with Crippen LogP contribution < -0.4 is 5.32 Å². The van der Waals surface area contributed by atoms with Gasteiger partial charge in [0.15, 0.2) is 0 Å². The van der Waals surface area contributed by atoms with E-state index in [1.807, 2.05) is 43.6 Å². The Hall–Kier alpha value is -1.78. The second-order valence-electron chi connectivity index (χ2n) is 5.30. The molecule has 3 rings (SSSR count). The van der Waals surface area contributed by atoms with Crippen LogP contribution in [0.1, 0.15) is 17.3 Å². The maximum Gasteiger partial charge on any atom is 0.242 e. The number of rotatable bonds is 3.